The lowest BCUT2D eigenvalue weighted by molar-refractivity contribution is -0.130. The Morgan fingerprint density at radius 1 is 1.46 bits per heavy atom. The van der Waals surface area contributed by atoms with Gasteiger partial charge in [-0.05, 0) is 34.1 Å². The first kappa shape index (κ1) is 10.1. The Hall–Kier alpha value is -0.970. The lowest BCUT2D eigenvalue weighted by Gasteiger charge is -2.09. The SMILES string of the molecule is O=CC(F)(F)c1ccc(O)c(Br)c1. The highest BCUT2D eigenvalue weighted by Gasteiger charge is 2.31. The average molecular weight is 251 g/mol. The van der Waals surface area contributed by atoms with Gasteiger partial charge in [0.2, 0.25) is 0 Å². The van der Waals surface area contributed by atoms with Gasteiger partial charge >= 0.3 is 5.92 Å². The van der Waals surface area contributed by atoms with Crippen molar-refractivity contribution in [3.8, 4) is 5.75 Å². The number of alkyl halides is 2. The summed E-state index contributed by atoms with van der Waals surface area (Å²) < 4.78 is 25.6. The molecular weight excluding hydrogens is 246 g/mol. The summed E-state index contributed by atoms with van der Waals surface area (Å²) in [4.78, 5) is 10.00. The number of aldehydes is 1. The number of carbonyl (C=O) groups is 1. The van der Waals surface area contributed by atoms with Gasteiger partial charge in [-0.1, -0.05) is 0 Å². The van der Waals surface area contributed by atoms with Gasteiger partial charge in [0, 0.05) is 5.56 Å². The third-order valence-corrected chi connectivity index (χ3v) is 2.12. The molecule has 13 heavy (non-hydrogen) atoms. The quantitative estimate of drug-likeness (QED) is 0.819. The molecule has 0 heterocycles. The van der Waals surface area contributed by atoms with Crippen LogP contribution in [0.4, 0.5) is 8.78 Å². The molecule has 2 nitrogen and oxygen atoms in total. The van der Waals surface area contributed by atoms with Crippen molar-refractivity contribution >= 4 is 22.2 Å². The van der Waals surface area contributed by atoms with Gasteiger partial charge in [0.1, 0.15) is 5.75 Å². The first-order valence-electron chi connectivity index (χ1n) is 3.30. The number of halogens is 3. The Morgan fingerprint density at radius 3 is 2.54 bits per heavy atom. The lowest BCUT2D eigenvalue weighted by atomic mass is 10.1. The fraction of sp³-hybridized carbons (Fsp3) is 0.125. The van der Waals surface area contributed by atoms with Crippen LogP contribution in [-0.2, 0) is 10.7 Å². The van der Waals surface area contributed by atoms with Crippen molar-refractivity contribution in [3.05, 3.63) is 28.2 Å². The van der Waals surface area contributed by atoms with E-state index in [1.165, 1.54) is 0 Å². The summed E-state index contributed by atoms with van der Waals surface area (Å²) in [6.07, 6.45) is -0.439. The zero-order valence-electron chi connectivity index (χ0n) is 6.30. The molecule has 0 bridgehead atoms. The maximum absolute atomic E-state index is 12.7. The summed E-state index contributed by atoms with van der Waals surface area (Å²) in [5, 5.41) is 9.00. The summed E-state index contributed by atoms with van der Waals surface area (Å²) in [6.45, 7) is 0. The minimum atomic E-state index is -3.50. The molecule has 0 radical (unpaired) electrons. The second-order valence-electron chi connectivity index (χ2n) is 2.41. The molecule has 0 unspecified atom stereocenters. The highest BCUT2D eigenvalue weighted by molar-refractivity contribution is 9.10. The van der Waals surface area contributed by atoms with Crippen LogP contribution in [-0.4, -0.2) is 11.4 Å². The van der Waals surface area contributed by atoms with E-state index in [9.17, 15) is 13.6 Å². The summed E-state index contributed by atoms with van der Waals surface area (Å²) in [7, 11) is 0. The molecule has 0 spiro atoms. The van der Waals surface area contributed by atoms with Crippen LogP contribution >= 0.6 is 15.9 Å². The maximum atomic E-state index is 12.7. The second kappa shape index (κ2) is 3.41. The Morgan fingerprint density at radius 2 is 2.08 bits per heavy atom. The van der Waals surface area contributed by atoms with Crippen molar-refractivity contribution in [2.75, 3.05) is 0 Å². The molecule has 0 aliphatic carbocycles. The zero-order chi connectivity index (χ0) is 10.1. The van der Waals surface area contributed by atoms with E-state index < -0.39 is 17.8 Å². The van der Waals surface area contributed by atoms with Crippen molar-refractivity contribution in [3.63, 3.8) is 0 Å². The number of hydrogen-bond donors (Lipinski definition) is 1. The second-order valence-corrected chi connectivity index (χ2v) is 3.26. The summed E-state index contributed by atoms with van der Waals surface area (Å²) in [5.74, 6) is -3.65. The lowest BCUT2D eigenvalue weighted by Crippen LogP contribution is -2.14. The molecule has 0 amide bonds. The van der Waals surface area contributed by atoms with Gasteiger partial charge < -0.3 is 5.11 Å². The normalized spacial score (nSPS) is 11.3. The number of aromatic hydroxyl groups is 1. The molecule has 1 aromatic carbocycles. The van der Waals surface area contributed by atoms with E-state index in [0.717, 1.165) is 18.2 Å². The van der Waals surface area contributed by atoms with E-state index in [2.05, 4.69) is 15.9 Å². The number of carbonyl (C=O) groups excluding carboxylic acids is 1. The molecule has 1 rings (SSSR count). The molecule has 0 atom stereocenters. The van der Waals surface area contributed by atoms with Crippen molar-refractivity contribution in [1.29, 1.82) is 0 Å². The summed E-state index contributed by atoms with van der Waals surface area (Å²) in [5.41, 5.74) is -0.452. The van der Waals surface area contributed by atoms with Gasteiger partial charge in [0.05, 0.1) is 4.47 Å². The molecule has 1 N–H and O–H groups in total. The molecule has 1 aromatic rings. The molecule has 5 heteroatoms. The van der Waals surface area contributed by atoms with E-state index in [1.807, 2.05) is 0 Å². The Bertz CT molecular complexity index is 339. The number of benzene rings is 1. The fourth-order valence-corrected chi connectivity index (χ4v) is 1.16. The summed E-state index contributed by atoms with van der Waals surface area (Å²) >= 11 is 2.87. The Labute approximate surface area is 81.3 Å². The molecule has 0 aliphatic heterocycles. The van der Waals surface area contributed by atoms with E-state index in [0.29, 0.717) is 0 Å². The first-order valence-corrected chi connectivity index (χ1v) is 4.10. The van der Waals surface area contributed by atoms with Gasteiger partial charge in [-0.15, -0.1) is 0 Å². The zero-order valence-corrected chi connectivity index (χ0v) is 7.88. The number of hydrogen-bond acceptors (Lipinski definition) is 2. The molecule has 0 fully saturated rings. The highest BCUT2D eigenvalue weighted by Crippen LogP contribution is 2.31. The standard InChI is InChI=1S/C8H5BrF2O2/c9-6-3-5(1-2-7(6)13)8(10,11)4-12/h1-4,13H. The smallest absolute Gasteiger partial charge is 0.327 e. The van der Waals surface area contributed by atoms with E-state index in [1.54, 1.807) is 0 Å². The van der Waals surface area contributed by atoms with E-state index in [4.69, 9.17) is 5.11 Å². The fourth-order valence-electron chi connectivity index (χ4n) is 0.782. The number of phenolic OH excluding ortho intramolecular Hbond substituents is 1. The minimum absolute atomic E-state index is 0.131. The third kappa shape index (κ3) is 2.03. The van der Waals surface area contributed by atoms with Crippen molar-refractivity contribution in [2.24, 2.45) is 0 Å². The minimum Gasteiger partial charge on any atom is -0.507 e. The van der Waals surface area contributed by atoms with Gasteiger partial charge in [-0.3, -0.25) is 4.79 Å². The van der Waals surface area contributed by atoms with Crippen LogP contribution in [0.15, 0.2) is 22.7 Å². The predicted octanol–water partition coefficient (Wildman–Crippen LogP) is 2.45. The third-order valence-electron chi connectivity index (χ3n) is 1.48. The van der Waals surface area contributed by atoms with Gasteiger partial charge in [0.15, 0.2) is 6.29 Å². The Kier molecular flexibility index (Phi) is 2.66. The van der Waals surface area contributed by atoms with Gasteiger partial charge in [-0.25, -0.2) is 0 Å². The number of phenols is 1. The average Bonchev–Trinajstić information content (AvgIpc) is 2.09. The van der Waals surface area contributed by atoms with Crippen LogP contribution < -0.4 is 0 Å². The van der Waals surface area contributed by atoms with Crippen LogP contribution in [0, 0.1) is 0 Å². The van der Waals surface area contributed by atoms with Crippen LogP contribution in [0.2, 0.25) is 0 Å². The molecular formula is C8H5BrF2O2. The van der Waals surface area contributed by atoms with Crippen LogP contribution in [0.3, 0.4) is 0 Å². The van der Waals surface area contributed by atoms with Crippen molar-refractivity contribution in [2.45, 2.75) is 5.92 Å². The van der Waals surface area contributed by atoms with Crippen LogP contribution in [0.5, 0.6) is 5.75 Å². The summed E-state index contributed by atoms with van der Waals surface area (Å²) in [6, 6.07) is 3.09. The topological polar surface area (TPSA) is 37.3 Å². The Balaban J connectivity index is 3.18. The van der Waals surface area contributed by atoms with Crippen molar-refractivity contribution < 1.29 is 18.7 Å². The molecule has 0 aromatic heterocycles. The first-order chi connectivity index (χ1) is 5.97. The van der Waals surface area contributed by atoms with E-state index >= 15 is 0 Å². The molecule has 70 valence electrons. The van der Waals surface area contributed by atoms with Gasteiger partial charge in [-0.2, -0.15) is 8.78 Å². The maximum Gasteiger partial charge on any atom is 0.327 e. The molecule has 0 saturated carbocycles. The highest BCUT2D eigenvalue weighted by atomic mass is 79.9. The predicted molar refractivity (Wildman–Crippen MR) is 45.8 cm³/mol. The van der Waals surface area contributed by atoms with E-state index in [-0.39, 0.29) is 10.2 Å². The van der Waals surface area contributed by atoms with Crippen LogP contribution in [0.1, 0.15) is 5.56 Å². The largest absolute Gasteiger partial charge is 0.507 e. The van der Waals surface area contributed by atoms with Crippen molar-refractivity contribution in [1.82, 2.24) is 0 Å². The number of rotatable bonds is 2. The van der Waals surface area contributed by atoms with Crippen LogP contribution in [0.25, 0.3) is 0 Å². The molecule has 0 saturated heterocycles. The monoisotopic (exact) mass is 250 g/mol. The molecule has 0 aliphatic rings. The van der Waals surface area contributed by atoms with Gasteiger partial charge in [0.25, 0.3) is 0 Å².